The van der Waals surface area contributed by atoms with Gasteiger partial charge in [0.1, 0.15) is 0 Å². The van der Waals surface area contributed by atoms with E-state index >= 15 is 0 Å². The third-order valence-corrected chi connectivity index (χ3v) is 3.59. The first-order chi connectivity index (χ1) is 11.5. The van der Waals surface area contributed by atoms with Gasteiger partial charge in [0, 0.05) is 25.5 Å². The van der Waals surface area contributed by atoms with Crippen molar-refractivity contribution in [1.29, 1.82) is 0 Å². The lowest BCUT2D eigenvalue weighted by atomic mass is 10.1. The van der Waals surface area contributed by atoms with Crippen LogP contribution in [0.4, 0.5) is 11.4 Å². The molecule has 24 heavy (non-hydrogen) atoms. The Bertz CT molecular complexity index is 712. The molecule has 128 valence electrons. The van der Waals surface area contributed by atoms with Crippen LogP contribution in [0, 0.1) is 0 Å². The van der Waals surface area contributed by atoms with Crippen molar-refractivity contribution in [2.75, 3.05) is 45.6 Å². The monoisotopic (exact) mass is 330 g/mol. The smallest absolute Gasteiger partial charge is 0.259 e. The Hall–Kier alpha value is -2.89. The van der Waals surface area contributed by atoms with Crippen LogP contribution in [-0.4, -0.2) is 41.3 Å². The summed E-state index contributed by atoms with van der Waals surface area (Å²) in [6.07, 6.45) is 0. The Morgan fingerprint density at radius 1 is 0.875 bits per heavy atom. The molecule has 0 aliphatic carbocycles. The quantitative estimate of drug-likeness (QED) is 0.882. The highest BCUT2D eigenvalue weighted by Gasteiger charge is 2.20. The van der Waals surface area contributed by atoms with Crippen LogP contribution in [0.2, 0.25) is 0 Å². The molecule has 2 aromatic carbocycles. The van der Waals surface area contributed by atoms with Crippen molar-refractivity contribution in [2.24, 2.45) is 0 Å². The second-order valence-electron chi connectivity index (χ2n) is 5.28. The van der Waals surface area contributed by atoms with Gasteiger partial charge in [-0.3, -0.25) is 4.79 Å². The summed E-state index contributed by atoms with van der Waals surface area (Å²) in [5.74, 6) is 0.932. The van der Waals surface area contributed by atoms with Crippen LogP contribution in [0.1, 0.15) is 10.4 Å². The van der Waals surface area contributed by atoms with Crippen LogP contribution in [0.15, 0.2) is 36.4 Å². The van der Waals surface area contributed by atoms with Crippen LogP contribution in [0.5, 0.6) is 17.2 Å². The zero-order valence-electron chi connectivity index (χ0n) is 14.5. The Kier molecular flexibility index (Phi) is 5.52. The average Bonchev–Trinajstić information content (AvgIpc) is 2.60. The van der Waals surface area contributed by atoms with Crippen LogP contribution < -0.4 is 24.4 Å². The zero-order valence-corrected chi connectivity index (χ0v) is 14.5. The number of nitrogens with zero attached hydrogens (tertiary/aromatic N) is 1. The van der Waals surface area contributed by atoms with Crippen molar-refractivity contribution < 1.29 is 19.0 Å². The molecule has 6 heteroatoms. The van der Waals surface area contributed by atoms with Gasteiger partial charge in [0.2, 0.25) is 5.75 Å². The number of methoxy groups -OCH3 is 3. The third kappa shape index (κ3) is 3.53. The number of hydrogen-bond acceptors (Lipinski definition) is 5. The molecule has 0 aliphatic heterocycles. The first kappa shape index (κ1) is 17.5. The first-order valence-electron chi connectivity index (χ1n) is 7.39. The molecule has 1 N–H and O–H groups in total. The summed E-state index contributed by atoms with van der Waals surface area (Å²) in [6, 6.07) is 10.9. The standard InChI is InChI=1S/C18H22N2O4/c1-20(2)13-8-6-12(7-9-13)19-18(21)14-10-11-15(22-3)17(24-5)16(14)23-4/h6-11H,1-5H3,(H,19,21). The number of carbonyl (C=O) groups is 1. The minimum absolute atomic E-state index is 0.287. The van der Waals surface area contributed by atoms with Crippen molar-refractivity contribution in [3.8, 4) is 17.2 Å². The summed E-state index contributed by atoms with van der Waals surface area (Å²) in [7, 11) is 8.44. The van der Waals surface area contributed by atoms with Gasteiger partial charge in [0.25, 0.3) is 5.91 Å². The SMILES string of the molecule is COc1ccc(C(=O)Nc2ccc(N(C)C)cc2)c(OC)c1OC. The fraction of sp³-hybridized carbons (Fsp3) is 0.278. The summed E-state index contributed by atoms with van der Waals surface area (Å²) in [6.45, 7) is 0. The lowest BCUT2D eigenvalue weighted by Gasteiger charge is -2.16. The van der Waals surface area contributed by atoms with Crippen molar-refractivity contribution in [2.45, 2.75) is 0 Å². The van der Waals surface area contributed by atoms with E-state index in [1.165, 1.54) is 21.3 Å². The van der Waals surface area contributed by atoms with E-state index in [0.29, 0.717) is 28.5 Å². The van der Waals surface area contributed by atoms with Gasteiger partial charge in [0.05, 0.1) is 26.9 Å². The molecule has 0 spiro atoms. The van der Waals surface area contributed by atoms with Crippen molar-refractivity contribution in [3.63, 3.8) is 0 Å². The van der Waals surface area contributed by atoms with Crippen LogP contribution >= 0.6 is 0 Å². The molecular weight excluding hydrogens is 308 g/mol. The van der Waals surface area contributed by atoms with Gasteiger partial charge in [-0.1, -0.05) is 0 Å². The summed E-state index contributed by atoms with van der Waals surface area (Å²) in [4.78, 5) is 14.6. The molecule has 0 saturated heterocycles. The first-order valence-corrected chi connectivity index (χ1v) is 7.39. The second kappa shape index (κ2) is 7.59. The van der Waals surface area contributed by atoms with E-state index in [1.807, 2.05) is 43.3 Å². The molecule has 0 atom stereocenters. The summed E-state index contributed by atoms with van der Waals surface area (Å²) < 4.78 is 15.9. The minimum atomic E-state index is -0.287. The second-order valence-corrected chi connectivity index (χ2v) is 5.28. The Labute approximate surface area is 141 Å². The Balaban J connectivity index is 2.29. The van der Waals surface area contributed by atoms with Gasteiger partial charge in [-0.15, -0.1) is 0 Å². The van der Waals surface area contributed by atoms with Gasteiger partial charge in [-0.05, 0) is 36.4 Å². The molecule has 0 aromatic heterocycles. The van der Waals surface area contributed by atoms with E-state index in [9.17, 15) is 4.79 Å². The molecular formula is C18H22N2O4. The molecule has 0 radical (unpaired) electrons. The van der Waals surface area contributed by atoms with Crippen molar-refractivity contribution in [1.82, 2.24) is 0 Å². The van der Waals surface area contributed by atoms with E-state index in [0.717, 1.165) is 5.69 Å². The van der Waals surface area contributed by atoms with Crippen LogP contribution in [0.25, 0.3) is 0 Å². The largest absolute Gasteiger partial charge is 0.493 e. The number of rotatable bonds is 6. The van der Waals surface area contributed by atoms with Gasteiger partial charge < -0.3 is 24.4 Å². The summed E-state index contributed by atoms with van der Waals surface area (Å²) in [5.41, 5.74) is 2.12. The molecule has 6 nitrogen and oxygen atoms in total. The molecule has 2 aromatic rings. The molecule has 0 unspecified atom stereocenters. The van der Waals surface area contributed by atoms with E-state index in [-0.39, 0.29) is 5.91 Å². The highest BCUT2D eigenvalue weighted by atomic mass is 16.5. The van der Waals surface area contributed by atoms with E-state index in [2.05, 4.69) is 5.32 Å². The molecule has 0 fully saturated rings. The number of amides is 1. The zero-order chi connectivity index (χ0) is 17.7. The van der Waals surface area contributed by atoms with E-state index in [1.54, 1.807) is 12.1 Å². The third-order valence-electron chi connectivity index (χ3n) is 3.59. The van der Waals surface area contributed by atoms with Gasteiger partial charge >= 0.3 is 0 Å². The Morgan fingerprint density at radius 3 is 2.00 bits per heavy atom. The number of benzene rings is 2. The minimum Gasteiger partial charge on any atom is -0.493 e. The predicted octanol–water partition coefficient (Wildman–Crippen LogP) is 3.03. The van der Waals surface area contributed by atoms with Crippen molar-refractivity contribution >= 4 is 17.3 Å². The number of anilines is 2. The number of carbonyl (C=O) groups excluding carboxylic acids is 1. The highest BCUT2D eigenvalue weighted by Crippen LogP contribution is 2.39. The average molecular weight is 330 g/mol. The number of nitrogens with one attached hydrogen (secondary N) is 1. The van der Waals surface area contributed by atoms with Gasteiger partial charge in [-0.25, -0.2) is 0 Å². The molecule has 0 bridgehead atoms. The molecule has 2 rings (SSSR count). The fourth-order valence-electron chi connectivity index (χ4n) is 2.32. The Morgan fingerprint density at radius 2 is 1.50 bits per heavy atom. The lowest BCUT2D eigenvalue weighted by molar-refractivity contribution is 0.102. The highest BCUT2D eigenvalue weighted by molar-refractivity contribution is 6.07. The molecule has 0 saturated carbocycles. The lowest BCUT2D eigenvalue weighted by Crippen LogP contribution is -2.14. The predicted molar refractivity (Wildman–Crippen MR) is 94.8 cm³/mol. The van der Waals surface area contributed by atoms with Crippen molar-refractivity contribution in [3.05, 3.63) is 42.0 Å². The number of hydrogen-bond donors (Lipinski definition) is 1. The molecule has 1 amide bonds. The van der Waals surface area contributed by atoms with Gasteiger partial charge in [0.15, 0.2) is 11.5 Å². The maximum Gasteiger partial charge on any atom is 0.259 e. The molecule has 0 aliphatic rings. The van der Waals surface area contributed by atoms with E-state index < -0.39 is 0 Å². The summed E-state index contributed by atoms with van der Waals surface area (Å²) >= 11 is 0. The van der Waals surface area contributed by atoms with Crippen LogP contribution in [0.3, 0.4) is 0 Å². The normalized spacial score (nSPS) is 10.0. The maximum atomic E-state index is 12.6. The summed E-state index contributed by atoms with van der Waals surface area (Å²) in [5, 5.41) is 2.85. The number of ether oxygens (including phenoxy) is 3. The van der Waals surface area contributed by atoms with E-state index in [4.69, 9.17) is 14.2 Å². The maximum absolute atomic E-state index is 12.6. The fourth-order valence-corrected chi connectivity index (χ4v) is 2.32. The van der Waals surface area contributed by atoms with Gasteiger partial charge in [-0.2, -0.15) is 0 Å². The topological polar surface area (TPSA) is 60.0 Å². The molecule has 0 heterocycles. The van der Waals surface area contributed by atoms with Crippen LogP contribution in [-0.2, 0) is 0 Å².